The smallest absolute Gasteiger partial charge is 0.143 e. The van der Waals surface area contributed by atoms with Gasteiger partial charge in [-0.15, -0.1) is 0 Å². The maximum atomic E-state index is 9.11. The Morgan fingerprint density at radius 3 is 1.77 bits per heavy atom. The highest BCUT2D eigenvalue weighted by Crippen LogP contribution is 2.45. The van der Waals surface area contributed by atoms with Gasteiger partial charge in [-0.1, -0.05) is 151 Å². The van der Waals surface area contributed by atoms with E-state index in [9.17, 15) is 0 Å². The van der Waals surface area contributed by atoms with E-state index in [0.717, 1.165) is 49.2 Å². The quantitative estimate of drug-likeness (QED) is 0.183. The molecule has 0 unspecified atom stereocenters. The number of benzene rings is 9. The Kier molecular flexibility index (Phi) is 4.05. The first kappa shape index (κ1) is 18.7. The van der Waals surface area contributed by atoms with Crippen LogP contribution in [0.3, 0.4) is 0 Å². The Morgan fingerprint density at radius 1 is 0.404 bits per heavy atom. The first-order chi connectivity index (χ1) is 27.1. The molecule has 0 N–H and O–H groups in total. The van der Waals surface area contributed by atoms with Crippen molar-refractivity contribution in [2.45, 2.75) is 0 Å². The molecule has 0 radical (unpaired) electrons. The second kappa shape index (κ2) is 10.2. The van der Waals surface area contributed by atoms with Crippen LogP contribution in [0.5, 0.6) is 0 Å². The fourth-order valence-corrected chi connectivity index (χ4v) is 7.08. The summed E-state index contributed by atoms with van der Waals surface area (Å²) in [4.78, 5) is 0. The van der Waals surface area contributed by atoms with Gasteiger partial charge in [0.2, 0.25) is 0 Å². The van der Waals surface area contributed by atoms with Gasteiger partial charge in [0.25, 0.3) is 0 Å². The predicted molar refractivity (Wildman–Crippen MR) is 200 cm³/mol. The van der Waals surface area contributed by atoms with Crippen LogP contribution in [0.15, 0.2) is 174 Å². The molecule has 1 heterocycles. The summed E-state index contributed by atoms with van der Waals surface area (Å²) in [7, 11) is 0. The van der Waals surface area contributed by atoms with Gasteiger partial charge in [0.15, 0.2) is 0 Å². The third kappa shape index (κ3) is 3.97. The minimum absolute atomic E-state index is 0.0601. The van der Waals surface area contributed by atoms with Crippen LogP contribution in [-0.2, 0) is 0 Å². The molecule has 10 rings (SSSR count). The molecule has 0 saturated carbocycles. The third-order valence-electron chi connectivity index (χ3n) is 9.18. The van der Waals surface area contributed by atoms with E-state index in [4.69, 9.17) is 16.8 Å². The maximum absolute atomic E-state index is 9.11. The fourth-order valence-electron chi connectivity index (χ4n) is 7.08. The zero-order valence-corrected chi connectivity index (χ0v) is 24.9. The molecule has 0 saturated heterocycles. The van der Waals surface area contributed by atoms with Crippen LogP contribution in [0.2, 0.25) is 0 Å². The number of hydrogen-bond acceptors (Lipinski definition) is 1. The lowest BCUT2D eigenvalue weighted by atomic mass is 9.85. The van der Waals surface area contributed by atoms with E-state index < -0.39 is 30.2 Å². The van der Waals surface area contributed by atoms with Gasteiger partial charge >= 0.3 is 0 Å². The molecular weight excluding hydrogens is 569 g/mol. The summed E-state index contributed by atoms with van der Waals surface area (Å²) in [5, 5.41) is 6.68. The van der Waals surface area contributed by atoms with Gasteiger partial charge in [-0.25, -0.2) is 0 Å². The normalized spacial score (nSPS) is 14.5. The third-order valence-corrected chi connectivity index (χ3v) is 9.18. The Labute approximate surface area is 284 Å². The lowest BCUT2D eigenvalue weighted by Crippen LogP contribution is -1.91. The number of fused-ring (bicyclic) bond motifs is 8. The molecule has 47 heavy (non-hydrogen) atoms. The zero-order valence-electron chi connectivity index (χ0n) is 33.9. The van der Waals surface area contributed by atoms with E-state index in [-0.39, 0.29) is 62.4 Å². The summed E-state index contributed by atoms with van der Waals surface area (Å²) in [5.74, 6) is 0. The first-order valence-corrected chi connectivity index (χ1v) is 15.4. The van der Waals surface area contributed by atoms with Crippen LogP contribution >= 0.6 is 0 Å². The molecule has 0 bridgehead atoms. The van der Waals surface area contributed by atoms with Crippen molar-refractivity contribution in [3.8, 4) is 33.4 Å². The maximum Gasteiger partial charge on any atom is 0.143 e. The topological polar surface area (TPSA) is 13.1 Å². The van der Waals surface area contributed by atoms with Crippen molar-refractivity contribution in [3.05, 3.63) is 170 Å². The summed E-state index contributed by atoms with van der Waals surface area (Å²) in [6, 6.07) is 35.6. The van der Waals surface area contributed by atoms with Crippen LogP contribution in [0.1, 0.15) is 12.3 Å². The van der Waals surface area contributed by atoms with Crippen molar-refractivity contribution in [1.29, 1.82) is 0 Å². The molecule has 0 aliphatic carbocycles. The van der Waals surface area contributed by atoms with Crippen molar-refractivity contribution in [1.82, 2.24) is 0 Å². The molecule has 0 amide bonds. The average molecular weight is 606 g/mol. The SMILES string of the molecule is [2H]c1c([2H])c(-c2ccc(-c3c4ccccc4c(-c4ccc5ccccc5c4)c4ccccc34)cc2)c2c(oc3c4c([2H])c([2H])c([2H])c([2H])c4c([2H])c([2H])c32)c1[2H]. The molecule has 1 heteroatoms. The van der Waals surface area contributed by atoms with Gasteiger partial charge in [0, 0.05) is 16.2 Å². The molecule has 10 aromatic rings. The lowest BCUT2D eigenvalue weighted by molar-refractivity contribution is 0.673. The monoisotopic (exact) mass is 605 g/mol. The molecular formula is C46H28O. The van der Waals surface area contributed by atoms with Gasteiger partial charge in [-0.05, 0) is 89.2 Å². The molecule has 0 aliphatic rings. The van der Waals surface area contributed by atoms with Gasteiger partial charge in [0.1, 0.15) is 11.2 Å². The largest absolute Gasteiger partial charge is 0.455 e. The number of rotatable bonds is 3. The van der Waals surface area contributed by atoms with E-state index in [2.05, 4.69) is 72.8 Å². The highest BCUT2D eigenvalue weighted by Gasteiger charge is 2.18. The highest BCUT2D eigenvalue weighted by molar-refractivity contribution is 6.22. The molecule has 0 fully saturated rings. The van der Waals surface area contributed by atoms with E-state index in [0.29, 0.717) is 5.56 Å². The minimum Gasteiger partial charge on any atom is -0.455 e. The molecule has 1 nitrogen and oxygen atoms in total. The Hall–Kier alpha value is -6.18. The Bertz CT molecular complexity index is 3290. The van der Waals surface area contributed by atoms with Gasteiger partial charge in [-0.3, -0.25) is 0 Å². The van der Waals surface area contributed by atoms with Crippen LogP contribution in [0, 0.1) is 0 Å². The van der Waals surface area contributed by atoms with E-state index in [1.165, 1.54) is 5.39 Å². The van der Waals surface area contributed by atoms with Crippen molar-refractivity contribution in [2.75, 3.05) is 0 Å². The lowest BCUT2D eigenvalue weighted by Gasteiger charge is -2.18. The molecule has 218 valence electrons. The average Bonchev–Trinajstić information content (AvgIpc) is 3.62. The van der Waals surface area contributed by atoms with Crippen LogP contribution in [0.25, 0.3) is 98.4 Å². The van der Waals surface area contributed by atoms with E-state index in [1.807, 2.05) is 42.5 Å². The Balaban J connectivity index is 1.22. The molecule has 1 aromatic heterocycles. The summed E-state index contributed by atoms with van der Waals surface area (Å²) in [5.41, 5.74) is 4.82. The minimum atomic E-state index is -0.529. The summed E-state index contributed by atoms with van der Waals surface area (Å²) in [6.45, 7) is 0. The van der Waals surface area contributed by atoms with Crippen molar-refractivity contribution >= 4 is 65.0 Å². The standard InChI is InChI=1S/C46H28O/c1-2-12-33-28-34(25-20-29(33)10-1)44-39-16-7-5-14-37(39)43(38-15-6-8-17-40(38)44)32-23-21-31(22-24-32)35-18-9-19-42-45(35)41-27-26-30-11-3-4-13-36(30)46(41)47-42/h1-28H/i3D,4D,9D,11D,13D,18D,19D,26D,27D. The van der Waals surface area contributed by atoms with Gasteiger partial charge in [-0.2, -0.15) is 0 Å². The second-order valence-corrected chi connectivity index (χ2v) is 11.7. The van der Waals surface area contributed by atoms with Crippen LogP contribution in [0.4, 0.5) is 0 Å². The number of hydrogen-bond donors (Lipinski definition) is 0. The summed E-state index contributed by atoms with van der Waals surface area (Å²) in [6.07, 6.45) is 0. The summed E-state index contributed by atoms with van der Waals surface area (Å²) >= 11 is 0. The van der Waals surface area contributed by atoms with Gasteiger partial charge in [0.05, 0.1) is 12.3 Å². The molecule has 0 spiro atoms. The predicted octanol–water partition coefficient (Wildman–Crippen LogP) is 13.2. The van der Waals surface area contributed by atoms with Crippen LogP contribution in [-0.4, -0.2) is 0 Å². The molecule has 0 aliphatic heterocycles. The molecule has 9 aromatic carbocycles. The van der Waals surface area contributed by atoms with Gasteiger partial charge < -0.3 is 4.42 Å². The van der Waals surface area contributed by atoms with Crippen molar-refractivity contribution < 1.29 is 16.8 Å². The molecule has 0 atom stereocenters. The Morgan fingerprint density at radius 2 is 1.02 bits per heavy atom. The first-order valence-electron chi connectivity index (χ1n) is 19.9. The second-order valence-electron chi connectivity index (χ2n) is 11.7. The van der Waals surface area contributed by atoms with Crippen molar-refractivity contribution in [2.24, 2.45) is 0 Å². The zero-order chi connectivity index (χ0) is 38.7. The fraction of sp³-hybridized carbons (Fsp3) is 0. The highest BCUT2D eigenvalue weighted by atomic mass is 16.3. The van der Waals surface area contributed by atoms with Crippen molar-refractivity contribution in [3.63, 3.8) is 0 Å². The van der Waals surface area contributed by atoms with E-state index >= 15 is 0 Å². The van der Waals surface area contributed by atoms with E-state index in [1.54, 1.807) is 0 Å². The van der Waals surface area contributed by atoms with Crippen LogP contribution < -0.4 is 0 Å². The number of furan rings is 1. The summed E-state index contributed by atoms with van der Waals surface area (Å²) < 4.78 is 84.4.